The van der Waals surface area contributed by atoms with E-state index in [4.69, 9.17) is 9.97 Å². The third kappa shape index (κ3) is 4.54. The van der Waals surface area contributed by atoms with E-state index in [1.54, 1.807) is 0 Å². The average molecular weight is 639 g/mol. The molecule has 0 spiro atoms. The minimum Gasteiger partial charge on any atom is -0.309 e. The summed E-state index contributed by atoms with van der Waals surface area (Å²) in [4.78, 5) is 10.2. The van der Waals surface area contributed by atoms with Gasteiger partial charge < -0.3 is 4.57 Å². The van der Waals surface area contributed by atoms with Gasteiger partial charge in [0.2, 0.25) is 0 Å². The molecule has 4 nitrogen and oxygen atoms in total. The van der Waals surface area contributed by atoms with Gasteiger partial charge in [-0.3, -0.25) is 4.57 Å². The molecule has 4 heteroatoms. The molecule has 0 fully saturated rings. The SMILES string of the molecule is c1ccc(-c2cc(-c3ccc(-n4c5ccccc5c5cc6c(cc54)c4ccccc4n6-c4ccccc4)nc3)cc(-c3ccccc3)n2)cc1. The first-order valence-corrected chi connectivity index (χ1v) is 16.9. The molecule has 234 valence electrons. The molecule has 50 heavy (non-hydrogen) atoms. The molecule has 10 aromatic rings. The summed E-state index contributed by atoms with van der Waals surface area (Å²) < 4.78 is 4.69. The number of rotatable bonds is 5. The zero-order valence-electron chi connectivity index (χ0n) is 27.1. The molecule has 0 amide bonds. The Morgan fingerprint density at radius 1 is 0.340 bits per heavy atom. The van der Waals surface area contributed by atoms with Crippen molar-refractivity contribution < 1.29 is 0 Å². The zero-order valence-corrected chi connectivity index (χ0v) is 27.1. The number of nitrogens with zero attached hydrogens (tertiary/aromatic N) is 4. The average Bonchev–Trinajstić information content (AvgIpc) is 3.70. The van der Waals surface area contributed by atoms with Crippen LogP contribution in [-0.4, -0.2) is 19.1 Å². The molecule has 0 aliphatic carbocycles. The van der Waals surface area contributed by atoms with Crippen LogP contribution in [-0.2, 0) is 0 Å². The van der Waals surface area contributed by atoms with Crippen LogP contribution in [0.3, 0.4) is 0 Å². The monoisotopic (exact) mass is 638 g/mol. The van der Waals surface area contributed by atoms with Gasteiger partial charge in [-0.2, -0.15) is 0 Å². The van der Waals surface area contributed by atoms with E-state index in [2.05, 4.69) is 173 Å². The van der Waals surface area contributed by atoms with Gasteiger partial charge in [-0.05, 0) is 66.2 Å². The van der Waals surface area contributed by atoms with E-state index >= 15 is 0 Å². The third-order valence-electron chi connectivity index (χ3n) is 9.76. The summed E-state index contributed by atoms with van der Waals surface area (Å²) in [5.41, 5.74) is 12.0. The van der Waals surface area contributed by atoms with Gasteiger partial charge >= 0.3 is 0 Å². The summed E-state index contributed by atoms with van der Waals surface area (Å²) >= 11 is 0. The number of aromatic nitrogens is 4. The van der Waals surface area contributed by atoms with Gasteiger partial charge in [-0.25, -0.2) is 9.97 Å². The van der Waals surface area contributed by atoms with Crippen LogP contribution >= 0.6 is 0 Å². The largest absolute Gasteiger partial charge is 0.309 e. The summed E-state index contributed by atoms with van der Waals surface area (Å²) in [5.74, 6) is 0.881. The van der Waals surface area contributed by atoms with Crippen molar-refractivity contribution >= 4 is 43.6 Å². The summed E-state index contributed by atoms with van der Waals surface area (Å²) in [6, 6.07) is 62.1. The van der Waals surface area contributed by atoms with Gasteiger partial charge in [0.1, 0.15) is 5.82 Å². The molecular formula is C46H30N4. The van der Waals surface area contributed by atoms with Crippen molar-refractivity contribution in [3.05, 3.63) is 182 Å². The Kier molecular flexibility index (Phi) is 6.46. The summed E-state index contributed by atoms with van der Waals surface area (Å²) in [6.07, 6.45) is 1.99. The van der Waals surface area contributed by atoms with Gasteiger partial charge in [-0.15, -0.1) is 0 Å². The molecule has 0 bridgehead atoms. The number of hydrogen-bond acceptors (Lipinski definition) is 2. The maximum absolute atomic E-state index is 5.14. The van der Waals surface area contributed by atoms with Gasteiger partial charge in [-0.1, -0.05) is 115 Å². The lowest BCUT2D eigenvalue weighted by Gasteiger charge is -2.12. The van der Waals surface area contributed by atoms with Crippen molar-refractivity contribution in [2.75, 3.05) is 0 Å². The van der Waals surface area contributed by atoms with Crippen LogP contribution in [0.2, 0.25) is 0 Å². The second kappa shape index (κ2) is 11.4. The highest BCUT2D eigenvalue weighted by Gasteiger charge is 2.19. The summed E-state index contributed by atoms with van der Waals surface area (Å²) in [7, 11) is 0. The normalized spacial score (nSPS) is 11.6. The minimum atomic E-state index is 0.881. The van der Waals surface area contributed by atoms with Gasteiger partial charge in [0.05, 0.1) is 33.5 Å². The minimum absolute atomic E-state index is 0.881. The van der Waals surface area contributed by atoms with Crippen LogP contribution in [0.5, 0.6) is 0 Å². The molecule has 4 heterocycles. The molecule has 0 saturated heterocycles. The Morgan fingerprint density at radius 2 is 0.840 bits per heavy atom. The van der Waals surface area contributed by atoms with E-state index in [1.165, 1.54) is 32.6 Å². The quantitative estimate of drug-likeness (QED) is 0.188. The summed E-state index contributed by atoms with van der Waals surface area (Å²) in [6.45, 7) is 0. The first-order valence-electron chi connectivity index (χ1n) is 16.9. The van der Waals surface area contributed by atoms with Crippen LogP contribution in [0.25, 0.3) is 88.8 Å². The topological polar surface area (TPSA) is 35.6 Å². The number of fused-ring (bicyclic) bond motifs is 6. The molecule has 0 atom stereocenters. The van der Waals surface area contributed by atoms with Crippen molar-refractivity contribution in [3.63, 3.8) is 0 Å². The van der Waals surface area contributed by atoms with E-state index in [0.717, 1.165) is 56.2 Å². The molecule has 0 aliphatic rings. The molecule has 4 aromatic heterocycles. The lowest BCUT2D eigenvalue weighted by atomic mass is 10.0. The fraction of sp³-hybridized carbons (Fsp3) is 0. The Labute approximate surface area is 289 Å². The van der Waals surface area contributed by atoms with Gasteiger partial charge in [0.25, 0.3) is 0 Å². The smallest absolute Gasteiger partial charge is 0.137 e. The highest BCUT2D eigenvalue weighted by molar-refractivity contribution is 6.19. The fourth-order valence-electron chi connectivity index (χ4n) is 7.43. The Bertz CT molecular complexity index is 2770. The predicted molar refractivity (Wildman–Crippen MR) is 207 cm³/mol. The Balaban J connectivity index is 1.16. The molecule has 0 N–H and O–H groups in total. The van der Waals surface area contributed by atoms with E-state index in [1.807, 2.05) is 18.3 Å². The zero-order chi connectivity index (χ0) is 33.0. The van der Waals surface area contributed by atoms with Crippen molar-refractivity contribution in [3.8, 4) is 45.1 Å². The highest BCUT2D eigenvalue weighted by Crippen LogP contribution is 2.39. The Morgan fingerprint density at radius 3 is 1.40 bits per heavy atom. The standard InChI is InChI=1S/C46H30N4/c1-4-14-31(15-5-1)40-26-34(27-41(48-40)32-16-6-2-7-17-32)33-24-25-46(47-30-33)50-43-23-13-11-21-37(43)39-28-44-38(29-45(39)50)36-20-10-12-22-42(36)49(44)35-18-8-3-9-19-35/h1-30H. The van der Waals surface area contributed by atoms with E-state index < -0.39 is 0 Å². The molecule has 0 radical (unpaired) electrons. The summed E-state index contributed by atoms with van der Waals surface area (Å²) in [5, 5.41) is 4.85. The number of pyridine rings is 2. The van der Waals surface area contributed by atoms with Crippen molar-refractivity contribution in [2.24, 2.45) is 0 Å². The number of hydrogen-bond donors (Lipinski definition) is 0. The van der Waals surface area contributed by atoms with Crippen LogP contribution in [0, 0.1) is 0 Å². The second-order valence-electron chi connectivity index (χ2n) is 12.7. The van der Waals surface area contributed by atoms with E-state index in [0.29, 0.717) is 0 Å². The van der Waals surface area contributed by atoms with Crippen LogP contribution < -0.4 is 0 Å². The first kappa shape index (κ1) is 28.3. The maximum Gasteiger partial charge on any atom is 0.137 e. The predicted octanol–water partition coefficient (Wildman–Crippen LogP) is 11.7. The molecule has 0 saturated carbocycles. The molecule has 6 aromatic carbocycles. The molecular weight excluding hydrogens is 609 g/mol. The lowest BCUT2D eigenvalue weighted by molar-refractivity contribution is 1.08. The first-order chi connectivity index (χ1) is 24.8. The van der Waals surface area contributed by atoms with E-state index in [9.17, 15) is 0 Å². The highest BCUT2D eigenvalue weighted by atomic mass is 15.1. The van der Waals surface area contributed by atoms with Crippen LogP contribution in [0.15, 0.2) is 182 Å². The van der Waals surface area contributed by atoms with Crippen molar-refractivity contribution in [2.45, 2.75) is 0 Å². The number of benzene rings is 6. The van der Waals surface area contributed by atoms with Gasteiger partial charge in [0.15, 0.2) is 0 Å². The van der Waals surface area contributed by atoms with Crippen molar-refractivity contribution in [1.82, 2.24) is 19.1 Å². The van der Waals surface area contributed by atoms with Gasteiger partial charge in [0, 0.05) is 50.1 Å². The Hall–Kier alpha value is -6.78. The molecule has 0 aliphatic heterocycles. The third-order valence-corrected chi connectivity index (χ3v) is 9.76. The maximum atomic E-state index is 5.14. The van der Waals surface area contributed by atoms with Crippen LogP contribution in [0.1, 0.15) is 0 Å². The molecule has 0 unspecified atom stereocenters. The fourth-order valence-corrected chi connectivity index (χ4v) is 7.43. The number of para-hydroxylation sites is 3. The lowest BCUT2D eigenvalue weighted by Crippen LogP contribution is -1.98. The molecule has 10 rings (SSSR count). The van der Waals surface area contributed by atoms with Crippen molar-refractivity contribution in [1.29, 1.82) is 0 Å². The van der Waals surface area contributed by atoms with E-state index in [-0.39, 0.29) is 0 Å². The van der Waals surface area contributed by atoms with Crippen LogP contribution in [0.4, 0.5) is 0 Å². The second-order valence-corrected chi connectivity index (χ2v) is 12.7.